The Morgan fingerprint density at radius 1 is 1.42 bits per heavy atom. The van der Waals surface area contributed by atoms with Crippen molar-refractivity contribution in [1.29, 1.82) is 0 Å². The van der Waals surface area contributed by atoms with Crippen molar-refractivity contribution >= 4 is 39.1 Å². The summed E-state index contributed by atoms with van der Waals surface area (Å²) in [4.78, 5) is 14.6. The number of benzene rings is 1. The van der Waals surface area contributed by atoms with Crippen LogP contribution < -0.4 is 5.32 Å². The maximum atomic E-state index is 12.7. The van der Waals surface area contributed by atoms with E-state index < -0.39 is 9.84 Å². The van der Waals surface area contributed by atoms with Crippen LogP contribution in [0.1, 0.15) is 18.0 Å². The molecule has 1 amide bonds. The van der Waals surface area contributed by atoms with Crippen molar-refractivity contribution < 1.29 is 13.2 Å². The molecular weight excluding hydrogens is 368 g/mol. The zero-order valence-electron chi connectivity index (χ0n) is 13.3. The first-order valence-electron chi connectivity index (χ1n) is 8.02. The molecule has 2 heterocycles. The van der Waals surface area contributed by atoms with Gasteiger partial charge >= 0.3 is 0 Å². The van der Waals surface area contributed by atoms with Crippen molar-refractivity contribution in [3.05, 3.63) is 34.9 Å². The summed E-state index contributed by atoms with van der Waals surface area (Å²) in [6.07, 6.45) is 0.652. The molecule has 2 saturated heterocycles. The molecule has 2 aliphatic heterocycles. The summed E-state index contributed by atoms with van der Waals surface area (Å²) in [6.45, 7) is 2.12. The number of amides is 1. The number of hydrogen-bond acceptors (Lipinski definition) is 5. The van der Waals surface area contributed by atoms with Crippen LogP contribution >= 0.6 is 23.4 Å². The fraction of sp³-hybridized carbons (Fsp3) is 0.562. The van der Waals surface area contributed by atoms with Crippen LogP contribution in [0.15, 0.2) is 24.3 Å². The van der Waals surface area contributed by atoms with Gasteiger partial charge in [0, 0.05) is 29.9 Å². The Hall–Kier alpha value is -0.760. The zero-order valence-corrected chi connectivity index (χ0v) is 15.7. The number of nitrogens with zero attached hydrogens (tertiary/aromatic N) is 1. The van der Waals surface area contributed by atoms with Gasteiger partial charge in [0.2, 0.25) is 5.91 Å². The van der Waals surface area contributed by atoms with Crippen LogP contribution in [0.25, 0.3) is 0 Å². The molecule has 132 valence electrons. The van der Waals surface area contributed by atoms with E-state index >= 15 is 0 Å². The summed E-state index contributed by atoms with van der Waals surface area (Å²) < 4.78 is 23.1. The van der Waals surface area contributed by atoms with E-state index in [-0.39, 0.29) is 28.7 Å². The SMILES string of the molecule is O=C(CSC1CCS(=O)(=O)C1)N1CCNCC1c1cccc(Cl)c1. The highest BCUT2D eigenvalue weighted by molar-refractivity contribution is 8.02. The predicted molar refractivity (Wildman–Crippen MR) is 98.3 cm³/mol. The van der Waals surface area contributed by atoms with Gasteiger partial charge in [0.15, 0.2) is 9.84 Å². The monoisotopic (exact) mass is 388 g/mol. The summed E-state index contributed by atoms with van der Waals surface area (Å²) in [7, 11) is -2.90. The van der Waals surface area contributed by atoms with Crippen LogP contribution in [0.5, 0.6) is 0 Å². The van der Waals surface area contributed by atoms with Crippen molar-refractivity contribution in [2.75, 3.05) is 36.9 Å². The lowest BCUT2D eigenvalue weighted by Crippen LogP contribution is -2.49. The fourth-order valence-electron chi connectivity index (χ4n) is 3.18. The van der Waals surface area contributed by atoms with Gasteiger partial charge in [-0.1, -0.05) is 23.7 Å². The van der Waals surface area contributed by atoms with Gasteiger partial charge in [0.1, 0.15) is 0 Å². The van der Waals surface area contributed by atoms with Crippen LogP contribution in [-0.4, -0.2) is 61.4 Å². The van der Waals surface area contributed by atoms with E-state index in [0.717, 1.165) is 12.1 Å². The molecule has 0 aliphatic carbocycles. The molecule has 24 heavy (non-hydrogen) atoms. The Morgan fingerprint density at radius 3 is 2.96 bits per heavy atom. The Labute approximate surface area is 152 Å². The van der Waals surface area contributed by atoms with Crippen LogP contribution in [0.2, 0.25) is 5.02 Å². The highest BCUT2D eigenvalue weighted by Gasteiger charge is 2.31. The van der Waals surface area contributed by atoms with Gasteiger partial charge in [-0.25, -0.2) is 8.42 Å². The number of carbonyl (C=O) groups is 1. The van der Waals surface area contributed by atoms with E-state index in [9.17, 15) is 13.2 Å². The summed E-state index contributed by atoms with van der Waals surface area (Å²) >= 11 is 7.55. The van der Waals surface area contributed by atoms with Gasteiger partial charge in [-0.15, -0.1) is 11.8 Å². The highest BCUT2D eigenvalue weighted by atomic mass is 35.5. The summed E-state index contributed by atoms with van der Waals surface area (Å²) in [5.41, 5.74) is 1.02. The third-order valence-corrected chi connectivity index (χ3v) is 7.93. The molecule has 0 spiro atoms. The van der Waals surface area contributed by atoms with Gasteiger partial charge in [-0.3, -0.25) is 4.79 Å². The second-order valence-corrected chi connectivity index (χ2v) is 10.2. The largest absolute Gasteiger partial charge is 0.332 e. The van der Waals surface area contributed by atoms with Crippen molar-refractivity contribution in [2.45, 2.75) is 17.7 Å². The fourth-order valence-corrected chi connectivity index (χ4v) is 6.91. The average Bonchev–Trinajstić information content (AvgIpc) is 2.92. The van der Waals surface area contributed by atoms with Crippen LogP contribution in [0, 0.1) is 0 Å². The molecule has 2 fully saturated rings. The van der Waals surface area contributed by atoms with E-state index in [4.69, 9.17) is 11.6 Å². The average molecular weight is 389 g/mol. The van der Waals surface area contributed by atoms with Crippen LogP contribution in [0.4, 0.5) is 0 Å². The topological polar surface area (TPSA) is 66.5 Å². The van der Waals surface area contributed by atoms with Crippen molar-refractivity contribution in [3.8, 4) is 0 Å². The predicted octanol–water partition coefficient (Wildman–Crippen LogP) is 1.73. The Balaban J connectivity index is 1.63. The van der Waals surface area contributed by atoms with Gasteiger partial charge in [0.05, 0.1) is 23.3 Å². The van der Waals surface area contributed by atoms with Gasteiger partial charge in [-0.05, 0) is 24.1 Å². The van der Waals surface area contributed by atoms with E-state index in [1.54, 1.807) is 0 Å². The molecule has 3 rings (SSSR count). The molecule has 1 aromatic carbocycles. The first kappa shape index (κ1) is 18.0. The van der Waals surface area contributed by atoms with Gasteiger partial charge in [-0.2, -0.15) is 0 Å². The van der Waals surface area contributed by atoms with E-state index in [0.29, 0.717) is 30.3 Å². The first-order chi connectivity index (χ1) is 11.4. The minimum absolute atomic E-state index is 0.0298. The number of nitrogens with one attached hydrogen (secondary N) is 1. The Morgan fingerprint density at radius 2 is 2.25 bits per heavy atom. The van der Waals surface area contributed by atoms with E-state index in [1.165, 1.54) is 11.8 Å². The molecule has 5 nitrogen and oxygen atoms in total. The molecule has 8 heteroatoms. The lowest BCUT2D eigenvalue weighted by molar-refractivity contribution is -0.131. The van der Waals surface area contributed by atoms with Crippen LogP contribution in [0.3, 0.4) is 0 Å². The minimum atomic E-state index is -2.90. The number of hydrogen-bond donors (Lipinski definition) is 1. The number of sulfone groups is 1. The quantitative estimate of drug-likeness (QED) is 0.850. The molecule has 1 N–H and O–H groups in total. The molecule has 0 aromatic heterocycles. The molecule has 0 radical (unpaired) electrons. The molecule has 0 saturated carbocycles. The number of thioether (sulfide) groups is 1. The minimum Gasteiger partial charge on any atom is -0.332 e. The van der Waals surface area contributed by atoms with E-state index in [2.05, 4.69) is 5.32 Å². The first-order valence-corrected chi connectivity index (χ1v) is 11.3. The lowest BCUT2D eigenvalue weighted by atomic mass is 10.0. The lowest BCUT2D eigenvalue weighted by Gasteiger charge is -2.36. The van der Waals surface area contributed by atoms with Crippen molar-refractivity contribution in [1.82, 2.24) is 10.2 Å². The Kier molecular flexibility index (Phi) is 5.74. The van der Waals surface area contributed by atoms with Crippen molar-refractivity contribution in [3.63, 3.8) is 0 Å². The summed E-state index contributed by atoms with van der Waals surface area (Å²) in [5, 5.41) is 4.03. The second kappa shape index (κ2) is 7.64. The third kappa shape index (κ3) is 4.45. The molecule has 2 unspecified atom stereocenters. The standard InChI is InChI=1S/C16H21ClN2O3S2/c17-13-3-1-2-12(8-13)15-9-18-5-6-19(15)16(20)10-23-14-4-7-24(21,22)11-14/h1-3,8,14-15,18H,4-7,9-11H2. The molecule has 2 aliphatic rings. The number of piperazine rings is 1. The normalized spacial score (nSPS) is 26.5. The smallest absolute Gasteiger partial charge is 0.233 e. The molecule has 1 aromatic rings. The van der Waals surface area contributed by atoms with Crippen molar-refractivity contribution in [2.24, 2.45) is 0 Å². The maximum Gasteiger partial charge on any atom is 0.233 e. The Bertz CT molecular complexity index is 711. The zero-order chi connectivity index (χ0) is 17.2. The summed E-state index contributed by atoms with van der Waals surface area (Å²) in [6, 6.07) is 7.58. The number of rotatable bonds is 4. The highest BCUT2D eigenvalue weighted by Crippen LogP contribution is 2.28. The van der Waals surface area contributed by atoms with Crippen LogP contribution in [-0.2, 0) is 14.6 Å². The van der Waals surface area contributed by atoms with E-state index in [1.807, 2.05) is 29.2 Å². The van der Waals surface area contributed by atoms with Gasteiger partial charge in [0.25, 0.3) is 0 Å². The molecule has 0 bridgehead atoms. The second-order valence-electron chi connectivity index (χ2n) is 6.20. The van der Waals surface area contributed by atoms with Gasteiger partial charge < -0.3 is 10.2 Å². The molecule has 2 atom stereocenters. The number of carbonyl (C=O) groups excluding carboxylic acids is 1. The summed E-state index contributed by atoms with van der Waals surface area (Å²) in [5.74, 6) is 0.842. The number of halogens is 1. The molecular formula is C16H21ClN2O3S2. The maximum absolute atomic E-state index is 12.7. The third-order valence-electron chi connectivity index (χ3n) is 4.43.